The van der Waals surface area contributed by atoms with E-state index < -0.39 is 0 Å². The highest BCUT2D eigenvalue weighted by molar-refractivity contribution is 5.92. The number of anilines is 2. The van der Waals surface area contributed by atoms with Gasteiger partial charge in [0.15, 0.2) is 0 Å². The highest BCUT2D eigenvalue weighted by Crippen LogP contribution is 2.13. The van der Waals surface area contributed by atoms with E-state index in [1.54, 1.807) is 37.3 Å². The number of hydrogen-bond acceptors (Lipinski definition) is 2. The van der Waals surface area contributed by atoms with Crippen molar-refractivity contribution in [3.8, 4) is 0 Å². The zero-order valence-corrected chi connectivity index (χ0v) is 10.3. The third-order valence-electron chi connectivity index (χ3n) is 2.15. The lowest BCUT2D eigenvalue weighted by Gasteiger charge is -2.07. The van der Waals surface area contributed by atoms with Crippen molar-refractivity contribution in [2.45, 2.75) is 13.3 Å². The Balaban J connectivity index is 2.52. The molecule has 0 aromatic heterocycles. The predicted octanol–water partition coefficient (Wildman–Crippen LogP) is 2.34. The van der Waals surface area contributed by atoms with Crippen molar-refractivity contribution in [3.63, 3.8) is 0 Å². The molecular weight excluding hydrogens is 230 g/mol. The van der Waals surface area contributed by atoms with Crippen molar-refractivity contribution in [2.75, 3.05) is 17.2 Å². The van der Waals surface area contributed by atoms with Crippen LogP contribution in [0.1, 0.15) is 13.3 Å². The van der Waals surface area contributed by atoms with E-state index in [9.17, 15) is 9.59 Å². The fourth-order valence-electron chi connectivity index (χ4n) is 1.23. The van der Waals surface area contributed by atoms with Gasteiger partial charge in [-0.1, -0.05) is 13.0 Å². The Bertz CT molecular complexity index is 426. The molecule has 0 saturated carbocycles. The van der Waals surface area contributed by atoms with Crippen LogP contribution in [0.25, 0.3) is 0 Å². The molecule has 0 fully saturated rings. The number of amides is 3. The number of nitrogens with one attached hydrogen (secondary N) is 3. The Morgan fingerprint density at radius 3 is 2.22 bits per heavy atom. The zero-order chi connectivity index (χ0) is 13.4. The van der Waals surface area contributed by atoms with Crippen molar-refractivity contribution in [3.05, 3.63) is 36.9 Å². The van der Waals surface area contributed by atoms with Crippen LogP contribution in [-0.2, 0) is 4.79 Å². The lowest BCUT2D eigenvalue weighted by atomic mass is 10.2. The highest BCUT2D eigenvalue weighted by atomic mass is 16.2. The van der Waals surface area contributed by atoms with Crippen LogP contribution in [-0.4, -0.2) is 18.5 Å². The fraction of sp³-hybridized carbons (Fsp3) is 0.231. The van der Waals surface area contributed by atoms with Gasteiger partial charge in [-0.3, -0.25) is 4.79 Å². The molecule has 0 aliphatic carbocycles. The second-order valence-corrected chi connectivity index (χ2v) is 3.60. The molecule has 3 N–H and O–H groups in total. The van der Waals surface area contributed by atoms with Crippen LogP contribution in [0, 0.1) is 0 Å². The third kappa shape index (κ3) is 4.69. The summed E-state index contributed by atoms with van der Waals surface area (Å²) in [5.41, 5.74) is 1.37. The molecule has 5 nitrogen and oxygen atoms in total. The van der Waals surface area contributed by atoms with Crippen LogP contribution in [0.3, 0.4) is 0 Å². The van der Waals surface area contributed by atoms with Crippen molar-refractivity contribution in [1.82, 2.24) is 5.32 Å². The van der Waals surface area contributed by atoms with Gasteiger partial charge in [-0.05, 0) is 24.3 Å². The first kappa shape index (κ1) is 13.8. The molecule has 0 radical (unpaired) electrons. The molecule has 5 heteroatoms. The lowest BCUT2D eigenvalue weighted by molar-refractivity contribution is -0.115. The maximum Gasteiger partial charge on any atom is 0.319 e. The van der Waals surface area contributed by atoms with Crippen LogP contribution >= 0.6 is 0 Å². The number of urea groups is 1. The number of benzene rings is 1. The number of carbonyl (C=O) groups excluding carboxylic acids is 2. The minimum Gasteiger partial charge on any atom is -0.334 e. The normalized spacial score (nSPS) is 9.39. The molecule has 0 bridgehead atoms. The SMILES string of the molecule is C=CCNC(=O)Nc1ccc(NC(=O)CC)cc1. The van der Waals surface area contributed by atoms with Gasteiger partial charge >= 0.3 is 6.03 Å². The summed E-state index contributed by atoms with van der Waals surface area (Å²) >= 11 is 0. The first-order valence-corrected chi connectivity index (χ1v) is 5.71. The summed E-state index contributed by atoms with van der Waals surface area (Å²) < 4.78 is 0. The van der Waals surface area contributed by atoms with E-state index in [0.717, 1.165) is 0 Å². The summed E-state index contributed by atoms with van der Waals surface area (Å²) in [5, 5.41) is 7.99. The van der Waals surface area contributed by atoms with E-state index >= 15 is 0 Å². The molecule has 0 heterocycles. The monoisotopic (exact) mass is 247 g/mol. The van der Waals surface area contributed by atoms with Crippen molar-refractivity contribution < 1.29 is 9.59 Å². The van der Waals surface area contributed by atoms with Crippen molar-refractivity contribution in [1.29, 1.82) is 0 Å². The summed E-state index contributed by atoms with van der Waals surface area (Å²) in [6, 6.07) is 6.62. The van der Waals surface area contributed by atoms with Gasteiger partial charge in [-0.15, -0.1) is 6.58 Å². The van der Waals surface area contributed by atoms with Crippen LogP contribution in [0.2, 0.25) is 0 Å². The first-order chi connectivity index (χ1) is 8.65. The average molecular weight is 247 g/mol. The zero-order valence-electron chi connectivity index (χ0n) is 10.3. The van der Waals surface area contributed by atoms with E-state index in [4.69, 9.17) is 0 Å². The number of hydrogen-bond donors (Lipinski definition) is 3. The first-order valence-electron chi connectivity index (χ1n) is 5.71. The Morgan fingerprint density at radius 2 is 1.72 bits per heavy atom. The Labute approximate surface area is 106 Å². The minimum atomic E-state index is -0.291. The average Bonchev–Trinajstić information content (AvgIpc) is 2.38. The largest absolute Gasteiger partial charge is 0.334 e. The molecule has 96 valence electrons. The van der Waals surface area contributed by atoms with E-state index in [0.29, 0.717) is 24.3 Å². The van der Waals surface area contributed by atoms with Crippen LogP contribution in [0.5, 0.6) is 0 Å². The molecule has 0 unspecified atom stereocenters. The van der Waals surface area contributed by atoms with Gasteiger partial charge in [0.05, 0.1) is 0 Å². The Morgan fingerprint density at radius 1 is 1.17 bits per heavy atom. The summed E-state index contributed by atoms with van der Waals surface area (Å²) in [4.78, 5) is 22.5. The summed E-state index contributed by atoms with van der Waals surface area (Å²) in [6.45, 7) is 5.70. The molecular formula is C13H17N3O2. The molecule has 0 aliphatic heterocycles. The standard InChI is InChI=1S/C13H17N3O2/c1-3-9-14-13(18)16-11-7-5-10(6-8-11)15-12(17)4-2/h3,5-8H,1,4,9H2,2H3,(H,15,17)(H2,14,16,18). The molecule has 0 aliphatic rings. The third-order valence-corrected chi connectivity index (χ3v) is 2.15. The minimum absolute atomic E-state index is 0.0422. The smallest absolute Gasteiger partial charge is 0.319 e. The second kappa shape index (κ2) is 7.11. The molecule has 0 saturated heterocycles. The van der Waals surface area contributed by atoms with Gasteiger partial charge in [0.2, 0.25) is 5.91 Å². The van der Waals surface area contributed by atoms with Gasteiger partial charge in [-0.25, -0.2) is 4.79 Å². The van der Waals surface area contributed by atoms with Gasteiger partial charge < -0.3 is 16.0 Å². The summed E-state index contributed by atoms with van der Waals surface area (Å²) in [6.07, 6.45) is 2.03. The maximum absolute atomic E-state index is 11.3. The number of rotatable bonds is 5. The molecule has 0 spiro atoms. The second-order valence-electron chi connectivity index (χ2n) is 3.60. The summed E-state index contributed by atoms with van der Waals surface area (Å²) in [5.74, 6) is -0.0422. The van der Waals surface area contributed by atoms with Crippen LogP contribution < -0.4 is 16.0 Å². The van der Waals surface area contributed by atoms with E-state index in [1.807, 2.05) is 0 Å². The maximum atomic E-state index is 11.3. The molecule has 3 amide bonds. The van der Waals surface area contributed by atoms with E-state index in [-0.39, 0.29) is 11.9 Å². The Kier molecular flexibility index (Phi) is 5.44. The molecule has 1 aromatic carbocycles. The van der Waals surface area contributed by atoms with E-state index in [2.05, 4.69) is 22.5 Å². The topological polar surface area (TPSA) is 70.2 Å². The highest BCUT2D eigenvalue weighted by Gasteiger charge is 2.01. The molecule has 1 rings (SSSR count). The van der Waals surface area contributed by atoms with E-state index in [1.165, 1.54) is 0 Å². The molecule has 18 heavy (non-hydrogen) atoms. The van der Waals surface area contributed by atoms with Crippen LogP contribution in [0.15, 0.2) is 36.9 Å². The molecule has 0 atom stereocenters. The quantitative estimate of drug-likeness (QED) is 0.699. The number of carbonyl (C=O) groups is 2. The van der Waals surface area contributed by atoms with Gasteiger partial charge in [0, 0.05) is 24.3 Å². The van der Waals surface area contributed by atoms with Gasteiger partial charge in [0.1, 0.15) is 0 Å². The van der Waals surface area contributed by atoms with Crippen LogP contribution in [0.4, 0.5) is 16.2 Å². The summed E-state index contributed by atoms with van der Waals surface area (Å²) in [7, 11) is 0. The lowest BCUT2D eigenvalue weighted by Crippen LogP contribution is -2.28. The molecule has 1 aromatic rings. The van der Waals surface area contributed by atoms with Gasteiger partial charge in [0.25, 0.3) is 0 Å². The fourth-order valence-corrected chi connectivity index (χ4v) is 1.23. The van der Waals surface area contributed by atoms with Crippen molar-refractivity contribution >= 4 is 23.3 Å². The Hall–Kier alpha value is -2.30. The van der Waals surface area contributed by atoms with Crippen molar-refractivity contribution in [2.24, 2.45) is 0 Å². The predicted molar refractivity (Wildman–Crippen MR) is 72.6 cm³/mol. The van der Waals surface area contributed by atoms with Gasteiger partial charge in [-0.2, -0.15) is 0 Å².